The minimum Gasteiger partial charge on any atom is -0.477 e. The van der Waals surface area contributed by atoms with Crippen LogP contribution in [0.2, 0.25) is 0 Å². The molecule has 60 valence electrons. The number of unbranched alkanes of at least 4 members (excludes halogenated alkanes) is 1. The molecule has 11 heavy (non-hydrogen) atoms. The lowest BCUT2D eigenvalue weighted by molar-refractivity contribution is -0.129. The van der Waals surface area contributed by atoms with Crippen LogP contribution in [0.15, 0.2) is 5.16 Å². The Bertz CT molecular complexity index is 204. The maximum atomic E-state index is 10.2. The topological polar surface area (TPSA) is 93.7 Å². The zero-order valence-electron chi connectivity index (χ0n) is 5.82. The van der Waals surface area contributed by atoms with Crippen LogP contribution in [0.25, 0.3) is 0 Å². The highest BCUT2D eigenvalue weighted by molar-refractivity contribution is 6.35. The van der Waals surface area contributed by atoms with Crippen molar-refractivity contribution in [2.75, 3.05) is 0 Å². The van der Waals surface area contributed by atoms with Gasteiger partial charge in [-0.1, -0.05) is 5.16 Å². The predicted molar refractivity (Wildman–Crippen MR) is 36.3 cm³/mol. The number of nitriles is 1. The molecular weight excluding hydrogens is 148 g/mol. The maximum Gasteiger partial charge on any atom is 0.353 e. The molecular formula is C6H8N2O3. The molecule has 0 aromatic carbocycles. The third kappa shape index (κ3) is 3.92. The summed E-state index contributed by atoms with van der Waals surface area (Å²) in [6.45, 7) is 0. The van der Waals surface area contributed by atoms with Gasteiger partial charge >= 0.3 is 5.97 Å². The molecule has 5 heteroatoms. The Morgan fingerprint density at radius 3 is 2.64 bits per heavy atom. The quantitative estimate of drug-likeness (QED) is 0.269. The summed E-state index contributed by atoms with van der Waals surface area (Å²) >= 11 is 0. The van der Waals surface area contributed by atoms with Crippen molar-refractivity contribution >= 4 is 11.7 Å². The van der Waals surface area contributed by atoms with E-state index in [1.165, 1.54) is 0 Å². The summed E-state index contributed by atoms with van der Waals surface area (Å²) in [7, 11) is 0. The van der Waals surface area contributed by atoms with E-state index in [0.717, 1.165) is 0 Å². The normalized spacial score (nSPS) is 10.6. The minimum atomic E-state index is -1.24. The van der Waals surface area contributed by atoms with Crippen molar-refractivity contribution in [3.8, 4) is 6.07 Å². The molecule has 0 radical (unpaired) electrons. The van der Waals surface area contributed by atoms with Crippen LogP contribution in [0.4, 0.5) is 0 Å². The van der Waals surface area contributed by atoms with Crippen molar-refractivity contribution < 1.29 is 15.1 Å². The van der Waals surface area contributed by atoms with Gasteiger partial charge in [-0.25, -0.2) is 4.79 Å². The number of carbonyl (C=O) groups is 1. The Balaban J connectivity index is 3.75. The van der Waals surface area contributed by atoms with Gasteiger partial charge in [0.2, 0.25) is 0 Å². The predicted octanol–water partition coefficient (Wildman–Crippen LogP) is 0.595. The number of nitrogens with zero attached hydrogens (tertiary/aromatic N) is 2. The average Bonchev–Trinajstić information content (AvgIpc) is 1.97. The van der Waals surface area contributed by atoms with Crippen LogP contribution in [0.5, 0.6) is 0 Å². The zero-order chi connectivity index (χ0) is 8.69. The summed E-state index contributed by atoms with van der Waals surface area (Å²) in [6, 6.07) is 1.86. The second-order valence-corrected chi connectivity index (χ2v) is 1.86. The Labute approximate surface area is 63.6 Å². The summed E-state index contributed by atoms with van der Waals surface area (Å²) in [5.41, 5.74) is -0.305. The molecule has 0 aliphatic heterocycles. The summed E-state index contributed by atoms with van der Waals surface area (Å²) in [5.74, 6) is -1.24. The minimum absolute atomic E-state index is 0.124. The van der Waals surface area contributed by atoms with Crippen molar-refractivity contribution in [3.05, 3.63) is 0 Å². The second-order valence-electron chi connectivity index (χ2n) is 1.86. The van der Waals surface area contributed by atoms with Gasteiger partial charge in [0.1, 0.15) is 0 Å². The van der Waals surface area contributed by atoms with Crippen molar-refractivity contribution in [1.82, 2.24) is 0 Å². The largest absolute Gasteiger partial charge is 0.477 e. The number of hydrogen-bond donors (Lipinski definition) is 2. The fourth-order valence-corrected chi connectivity index (χ4v) is 0.535. The highest BCUT2D eigenvalue weighted by Gasteiger charge is 2.08. The van der Waals surface area contributed by atoms with Gasteiger partial charge in [0.15, 0.2) is 5.71 Å². The lowest BCUT2D eigenvalue weighted by Crippen LogP contribution is -2.12. The van der Waals surface area contributed by atoms with E-state index in [4.69, 9.17) is 15.6 Å². The van der Waals surface area contributed by atoms with E-state index in [1.54, 1.807) is 0 Å². The van der Waals surface area contributed by atoms with Crippen LogP contribution in [-0.4, -0.2) is 22.0 Å². The van der Waals surface area contributed by atoms with E-state index in [9.17, 15) is 4.79 Å². The summed E-state index contributed by atoms with van der Waals surface area (Å²) in [4.78, 5) is 10.2. The molecule has 0 aromatic rings. The van der Waals surface area contributed by atoms with E-state index in [1.807, 2.05) is 6.07 Å². The number of oxime groups is 1. The first-order valence-electron chi connectivity index (χ1n) is 3.03. The first-order valence-corrected chi connectivity index (χ1v) is 3.03. The van der Waals surface area contributed by atoms with Gasteiger partial charge in [-0.05, 0) is 6.42 Å². The Hall–Kier alpha value is -1.57. The van der Waals surface area contributed by atoms with Gasteiger partial charge in [0, 0.05) is 12.8 Å². The molecule has 0 aliphatic carbocycles. The summed E-state index contributed by atoms with van der Waals surface area (Å²) in [5, 5.41) is 27.1. The molecule has 0 fully saturated rings. The molecule has 0 aliphatic rings. The molecule has 0 bridgehead atoms. The van der Waals surface area contributed by atoms with E-state index >= 15 is 0 Å². The zero-order valence-corrected chi connectivity index (χ0v) is 5.82. The SMILES string of the molecule is N#CCCC/C(=N\O)C(=O)O. The van der Waals surface area contributed by atoms with E-state index in [-0.39, 0.29) is 18.6 Å². The fourth-order valence-electron chi connectivity index (χ4n) is 0.535. The third-order valence-electron chi connectivity index (χ3n) is 1.07. The molecule has 0 aromatic heterocycles. The van der Waals surface area contributed by atoms with Gasteiger partial charge in [0.05, 0.1) is 6.07 Å². The van der Waals surface area contributed by atoms with Gasteiger partial charge in [0.25, 0.3) is 0 Å². The molecule has 0 amide bonds. The van der Waals surface area contributed by atoms with Gasteiger partial charge in [-0.2, -0.15) is 5.26 Å². The van der Waals surface area contributed by atoms with Gasteiger partial charge < -0.3 is 10.3 Å². The van der Waals surface area contributed by atoms with Crippen molar-refractivity contribution in [2.45, 2.75) is 19.3 Å². The summed E-state index contributed by atoms with van der Waals surface area (Å²) in [6.07, 6.45) is 0.799. The smallest absolute Gasteiger partial charge is 0.353 e. The van der Waals surface area contributed by atoms with Crippen molar-refractivity contribution in [1.29, 1.82) is 5.26 Å². The van der Waals surface area contributed by atoms with Crippen LogP contribution < -0.4 is 0 Å². The van der Waals surface area contributed by atoms with E-state index in [0.29, 0.717) is 6.42 Å². The van der Waals surface area contributed by atoms with Crippen LogP contribution in [0.3, 0.4) is 0 Å². The Morgan fingerprint density at radius 2 is 2.27 bits per heavy atom. The van der Waals surface area contributed by atoms with Crippen LogP contribution in [0.1, 0.15) is 19.3 Å². The number of hydrogen-bond acceptors (Lipinski definition) is 4. The highest BCUT2D eigenvalue weighted by atomic mass is 16.4. The number of carboxylic acid groups (broad SMARTS) is 1. The van der Waals surface area contributed by atoms with Crippen molar-refractivity contribution in [2.24, 2.45) is 5.16 Å². The first-order chi connectivity index (χ1) is 5.22. The van der Waals surface area contributed by atoms with Crippen LogP contribution >= 0.6 is 0 Å². The summed E-state index contributed by atoms with van der Waals surface area (Å²) < 4.78 is 0. The molecule has 2 N–H and O–H groups in total. The molecule has 0 saturated carbocycles. The fraction of sp³-hybridized carbons (Fsp3) is 0.500. The van der Waals surface area contributed by atoms with Gasteiger partial charge in [-0.3, -0.25) is 0 Å². The molecule has 0 atom stereocenters. The molecule has 0 unspecified atom stereocenters. The molecule has 0 rings (SSSR count). The monoisotopic (exact) mass is 156 g/mol. The molecule has 5 nitrogen and oxygen atoms in total. The lowest BCUT2D eigenvalue weighted by atomic mass is 10.2. The molecule has 0 saturated heterocycles. The third-order valence-corrected chi connectivity index (χ3v) is 1.07. The standard InChI is InChI=1S/C6H8N2O3/c7-4-2-1-3-5(8-11)6(9)10/h11H,1-3H2,(H,9,10)/b8-5+. The van der Waals surface area contributed by atoms with E-state index in [2.05, 4.69) is 5.16 Å². The Kier molecular flexibility index (Phi) is 4.49. The highest BCUT2D eigenvalue weighted by Crippen LogP contribution is 1.96. The number of aliphatic carboxylic acids is 1. The molecule has 0 heterocycles. The van der Waals surface area contributed by atoms with Crippen LogP contribution in [-0.2, 0) is 4.79 Å². The van der Waals surface area contributed by atoms with Gasteiger partial charge in [-0.15, -0.1) is 0 Å². The number of carboxylic acids is 1. The van der Waals surface area contributed by atoms with Crippen LogP contribution in [0, 0.1) is 11.3 Å². The first kappa shape index (κ1) is 9.43. The number of rotatable bonds is 4. The Morgan fingerprint density at radius 1 is 1.64 bits per heavy atom. The van der Waals surface area contributed by atoms with E-state index < -0.39 is 5.97 Å². The van der Waals surface area contributed by atoms with Crippen molar-refractivity contribution in [3.63, 3.8) is 0 Å². The molecule has 0 spiro atoms. The second kappa shape index (κ2) is 5.23. The maximum absolute atomic E-state index is 10.2. The lowest BCUT2D eigenvalue weighted by Gasteiger charge is -1.93. The average molecular weight is 156 g/mol.